The quantitative estimate of drug-likeness (QED) is 0.744. The number of halogens is 2. The minimum atomic E-state index is -2.45. The molecule has 1 saturated heterocycles. The molecule has 2 aliphatic carbocycles. The molecule has 102 valence electrons. The molecule has 18 heavy (non-hydrogen) atoms. The first kappa shape index (κ1) is 12.4. The fraction of sp³-hybridized carbons (Fsp3) is 0.929. The molecule has 1 aliphatic heterocycles. The molecule has 0 aromatic rings. The van der Waals surface area contributed by atoms with Gasteiger partial charge in [0.15, 0.2) is 0 Å². The van der Waals surface area contributed by atoms with Crippen LogP contribution in [0, 0.1) is 11.3 Å². The minimum Gasteiger partial charge on any atom is -0.343 e. The predicted molar refractivity (Wildman–Crippen MR) is 64.4 cm³/mol. The first-order valence-electron chi connectivity index (χ1n) is 7.18. The molecule has 0 radical (unpaired) electrons. The first-order chi connectivity index (χ1) is 8.52. The van der Waals surface area contributed by atoms with Gasteiger partial charge in [-0.3, -0.25) is 4.79 Å². The highest BCUT2D eigenvalue weighted by atomic mass is 19.3. The van der Waals surface area contributed by atoms with Crippen LogP contribution in [0.3, 0.4) is 0 Å². The molecule has 0 unspecified atom stereocenters. The Morgan fingerprint density at radius 2 is 1.72 bits per heavy atom. The van der Waals surface area contributed by atoms with E-state index in [1.54, 1.807) is 0 Å². The Kier molecular flexibility index (Phi) is 2.87. The lowest BCUT2D eigenvalue weighted by atomic mass is 9.92. The van der Waals surface area contributed by atoms with E-state index < -0.39 is 11.3 Å². The Morgan fingerprint density at radius 3 is 2.22 bits per heavy atom. The maximum Gasteiger partial charge on any atom is 0.254 e. The highest BCUT2D eigenvalue weighted by Crippen LogP contribution is 2.65. The lowest BCUT2D eigenvalue weighted by molar-refractivity contribution is -0.134. The van der Waals surface area contributed by atoms with E-state index in [-0.39, 0.29) is 12.3 Å². The van der Waals surface area contributed by atoms with Crippen LogP contribution < -0.4 is 0 Å². The van der Waals surface area contributed by atoms with Crippen molar-refractivity contribution < 1.29 is 13.6 Å². The van der Waals surface area contributed by atoms with E-state index >= 15 is 0 Å². The lowest BCUT2D eigenvalue weighted by Gasteiger charge is -2.33. The summed E-state index contributed by atoms with van der Waals surface area (Å²) in [6, 6.07) is 0. The molecule has 1 spiro atoms. The van der Waals surface area contributed by atoms with E-state index in [9.17, 15) is 13.6 Å². The van der Waals surface area contributed by atoms with Gasteiger partial charge >= 0.3 is 0 Å². The van der Waals surface area contributed by atoms with Gasteiger partial charge in [0, 0.05) is 31.3 Å². The van der Waals surface area contributed by atoms with Gasteiger partial charge in [-0.05, 0) is 31.6 Å². The summed E-state index contributed by atoms with van der Waals surface area (Å²) in [6.45, 7) is 1.09. The zero-order valence-corrected chi connectivity index (χ0v) is 10.8. The number of hydrogen-bond donors (Lipinski definition) is 0. The van der Waals surface area contributed by atoms with Gasteiger partial charge in [-0.25, -0.2) is 8.78 Å². The summed E-state index contributed by atoms with van der Waals surface area (Å²) in [4.78, 5) is 13.9. The number of rotatable bonds is 2. The van der Waals surface area contributed by atoms with E-state index in [2.05, 4.69) is 0 Å². The maximum absolute atomic E-state index is 13.2. The number of carbonyl (C=O) groups excluding carboxylic acids is 1. The number of alkyl halides is 2. The Bertz CT molecular complexity index is 342. The van der Waals surface area contributed by atoms with Crippen molar-refractivity contribution in [3.8, 4) is 0 Å². The summed E-state index contributed by atoms with van der Waals surface area (Å²) < 4.78 is 26.5. The van der Waals surface area contributed by atoms with Crippen LogP contribution in [0.5, 0.6) is 0 Å². The number of likely N-dealkylation sites (tertiary alicyclic amines) is 1. The maximum atomic E-state index is 13.2. The van der Waals surface area contributed by atoms with Crippen LogP contribution in [0.1, 0.15) is 51.4 Å². The van der Waals surface area contributed by atoms with Crippen molar-refractivity contribution in [3.63, 3.8) is 0 Å². The molecule has 0 N–H and O–H groups in total. The molecule has 0 aromatic carbocycles. The molecule has 0 bridgehead atoms. The molecule has 3 aliphatic rings. The summed E-state index contributed by atoms with van der Waals surface area (Å²) in [6.07, 6.45) is 6.50. The average Bonchev–Trinajstić information content (AvgIpc) is 2.69. The zero-order chi connectivity index (χ0) is 12.8. The van der Waals surface area contributed by atoms with Crippen LogP contribution in [0.25, 0.3) is 0 Å². The molecule has 0 atom stereocenters. The van der Waals surface area contributed by atoms with Crippen molar-refractivity contribution in [1.82, 2.24) is 4.90 Å². The average molecular weight is 257 g/mol. The van der Waals surface area contributed by atoms with E-state index in [0.29, 0.717) is 38.3 Å². The largest absolute Gasteiger partial charge is 0.343 e. The predicted octanol–water partition coefficient (Wildman–Crippen LogP) is 3.21. The van der Waals surface area contributed by atoms with Gasteiger partial charge in [0.2, 0.25) is 5.91 Å². The third-order valence-corrected chi connectivity index (χ3v) is 5.22. The number of nitrogens with zero attached hydrogens (tertiary/aromatic N) is 1. The SMILES string of the molecule is O=C(CC1CCCC1)N1CCC2(CC1)CC2(F)F. The lowest BCUT2D eigenvalue weighted by Crippen LogP contribution is -2.41. The Balaban J connectivity index is 1.49. The number of hydrogen-bond acceptors (Lipinski definition) is 1. The van der Waals surface area contributed by atoms with E-state index in [1.807, 2.05) is 4.90 Å². The molecule has 2 saturated carbocycles. The second-order valence-electron chi connectivity index (χ2n) is 6.40. The van der Waals surface area contributed by atoms with Crippen LogP contribution >= 0.6 is 0 Å². The van der Waals surface area contributed by atoms with Crippen LogP contribution in [0.4, 0.5) is 8.78 Å². The van der Waals surface area contributed by atoms with Crippen molar-refractivity contribution in [2.45, 2.75) is 57.3 Å². The van der Waals surface area contributed by atoms with Gasteiger partial charge in [0.1, 0.15) is 0 Å². The monoisotopic (exact) mass is 257 g/mol. The molecule has 4 heteroatoms. The summed E-state index contributed by atoms with van der Waals surface area (Å²) >= 11 is 0. The molecule has 2 nitrogen and oxygen atoms in total. The molecular weight excluding hydrogens is 236 g/mol. The van der Waals surface area contributed by atoms with E-state index in [0.717, 1.165) is 0 Å². The zero-order valence-electron chi connectivity index (χ0n) is 10.8. The summed E-state index contributed by atoms with van der Waals surface area (Å²) in [7, 11) is 0. The van der Waals surface area contributed by atoms with Crippen LogP contribution in [-0.2, 0) is 4.79 Å². The standard InChI is InChI=1S/C14H21F2NO/c15-14(16)10-13(14)5-7-17(8-6-13)12(18)9-11-3-1-2-4-11/h11H,1-10H2. The highest BCUT2D eigenvalue weighted by molar-refractivity contribution is 5.76. The summed E-state index contributed by atoms with van der Waals surface area (Å²) in [5.41, 5.74) is -0.739. The van der Waals surface area contributed by atoms with Gasteiger partial charge in [-0.2, -0.15) is 0 Å². The highest BCUT2D eigenvalue weighted by Gasteiger charge is 2.70. The Morgan fingerprint density at radius 1 is 1.17 bits per heavy atom. The van der Waals surface area contributed by atoms with Gasteiger partial charge in [0.25, 0.3) is 5.92 Å². The molecular formula is C14H21F2NO. The van der Waals surface area contributed by atoms with Crippen LogP contribution in [0.2, 0.25) is 0 Å². The second kappa shape index (κ2) is 4.17. The number of carbonyl (C=O) groups is 1. The third kappa shape index (κ3) is 2.04. The summed E-state index contributed by atoms with van der Waals surface area (Å²) in [5, 5.41) is 0. The Hall–Kier alpha value is -0.670. The number of amides is 1. The van der Waals surface area contributed by atoms with Crippen LogP contribution in [-0.4, -0.2) is 29.8 Å². The van der Waals surface area contributed by atoms with Crippen molar-refractivity contribution in [1.29, 1.82) is 0 Å². The molecule has 3 fully saturated rings. The van der Waals surface area contributed by atoms with E-state index in [4.69, 9.17) is 0 Å². The smallest absolute Gasteiger partial charge is 0.254 e. The fourth-order valence-electron chi connectivity index (χ4n) is 3.70. The van der Waals surface area contributed by atoms with Gasteiger partial charge < -0.3 is 4.90 Å². The van der Waals surface area contributed by atoms with Gasteiger partial charge in [-0.15, -0.1) is 0 Å². The Labute approximate surface area is 107 Å². The van der Waals surface area contributed by atoms with Crippen LogP contribution in [0.15, 0.2) is 0 Å². The normalized spacial score (nSPS) is 29.8. The van der Waals surface area contributed by atoms with Gasteiger partial charge in [-0.1, -0.05) is 12.8 Å². The van der Waals surface area contributed by atoms with Gasteiger partial charge in [0.05, 0.1) is 0 Å². The second-order valence-corrected chi connectivity index (χ2v) is 6.40. The van der Waals surface area contributed by atoms with Crippen molar-refractivity contribution >= 4 is 5.91 Å². The van der Waals surface area contributed by atoms with Crippen molar-refractivity contribution in [2.75, 3.05) is 13.1 Å². The minimum absolute atomic E-state index is 0.0463. The molecule has 1 amide bonds. The van der Waals surface area contributed by atoms with E-state index in [1.165, 1.54) is 25.7 Å². The molecule has 1 heterocycles. The fourth-order valence-corrected chi connectivity index (χ4v) is 3.70. The third-order valence-electron chi connectivity index (χ3n) is 5.22. The molecule has 3 rings (SSSR count). The number of piperidine rings is 1. The molecule has 0 aromatic heterocycles. The first-order valence-corrected chi connectivity index (χ1v) is 7.18. The van der Waals surface area contributed by atoms with Crippen molar-refractivity contribution in [2.24, 2.45) is 11.3 Å². The van der Waals surface area contributed by atoms with Crippen molar-refractivity contribution in [3.05, 3.63) is 0 Å². The summed E-state index contributed by atoms with van der Waals surface area (Å²) in [5.74, 6) is -1.70. The topological polar surface area (TPSA) is 20.3 Å².